The summed E-state index contributed by atoms with van der Waals surface area (Å²) in [6.07, 6.45) is 16.7. The van der Waals surface area contributed by atoms with Gasteiger partial charge in [-0.2, -0.15) is 4.39 Å². The summed E-state index contributed by atoms with van der Waals surface area (Å²) in [4.78, 5) is 0. The molecule has 0 aliphatic heterocycles. The Kier molecular flexibility index (Phi) is 6.58. The summed E-state index contributed by atoms with van der Waals surface area (Å²) in [7, 11) is 0. The molecular formula is C25H36F2O. The number of aryl methyl sites for hydroxylation is 1. The predicted molar refractivity (Wildman–Crippen MR) is 109 cm³/mol. The summed E-state index contributed by atoms with van der Waals surface area (Å²) < 4.78 is 33.3. The third-order valence-corrected chi connectivity index (χ3v) is 8.06. The van der Waals surface area contributed by atoms with Crippen LogP contribution in [0, 0.1) is 48.1 Å². The summed E-state index contributed by atoms with van der Waals surface area (Å²) in [5.74, 6) is 2.81. The second-order valence-electron chi connectivity index (χ2n) is 9.91. The highest BCUT2D eigenvalue weighted by molar-refractivity contribution is 5.30. The first-order valence-electron chi connectivity index (χ1n) is 11.7. The fourth-order valence-corrected chi connectivity index (χ4v) is 5.87. The van der Waals surface area contributed by atoms with E-state index in [-0.39, 0.29) is 5.75 Å². The lowest BCUT2D eigenvalue weighted by molar-refractivity contribution is 0.112. The van der Waals surface area contributed by atoms with Crippen LogP contribution in [-0.2, 0) is 0 Å². The largest absolute Gasteiger partial charge is 0.490 e. The van der Waals surface area contributed by atoms with Gasteiger partial charge in [0.25, 0.3) is 0 Å². The molecule has 3 heteroatoms. The lowest BCUT2D eigenvalue weighted by atomic mass is 9.67. The van der Waals surface area contributed by atoms with Gasteiger partial charge in [-0.15, -0.1) is 0 Å². The first kappa shape index (κ1) is 20.2. The second-order valence-corrected chi connectivity index (χ2v) is 9.91. The van der Waals surface area contributed by atoms with Crippen molar-refractivity contribution in [3.63, 3.8) is 0 Å². The average Bonchev–Trinajstić information content (AvgIpc) is 2.69. The van der Waals surface area contributed by atoms with Crippen molar-refractivity contribution in [1.29, 1.82) is 0 Å². The Morgan fingerprint density at radius 1 is 0.750 bits per heavy atom. The molecule has 0 saturated heterocycles. The van der Waals surface area contributed by atoms with Crippen molar-refractivity contribution < 1.29 is 13.5 Å². The van der Waals surface area contributed by atoms with Crippen molar-refractivity contribution in [2.75, 3.05) is 6.61 Å². The van der Waals surface area contributed by atoms with E-state index >= 15 is 0 Å². The Hall–Kier alpha value is -1.12. The normalized spacial score (nSPS) is 31.4. The number of hydrogen-bond acceptors (Lipinski definition) is 1. The van der Waals surface area contributed by atoms with Crippen molar-refractivity contribution in [2.24, 2.45) is 29.6 Å². The van der Waals surface area contributed by atoms with Crippen molar-refractivity contribution in [3.8, 4) is 5.75 Å². The summed E-state index contributed by atoms with van der Waals surface area (Å²) in [5, 5.41) is 0. The van der Waals surface area contributed by atoms with E-state index in [2.05, 4.69) is 0 Å². The monoisotopic (exact) mass is 390 g/mol. The summed E-state index contributed by atoms with van der Waals surface area (Å²) in [6, 6.07) is 3.15. The molecule has 0 amide bonds. The van der Waals surface area contributed by atoms with Gasteiger partial charge in [-0.3, -0.25) is 0 Å². The smallest absolute Gasteiger partial charge is 0.200 e. The van der Waals surface area contributed by atoms with E-state index < -0.39 is 11.6 Å². The zero-order chi connectivity index (χ0) is 19.5. The average molecular weight is 391 g/mol. The summed E-state index contributed by atoms with van der Waals surface area (Å²) >= 11 is 0. The predicted octanol–water partition coefficient (Wildman–Crippen LogP) is 7.46. The van der Waals surface area contributed by atoms with Crippen LogP contribution in [-0.4, -0.2) is 6.61 Å². The Morgan fingerprint density at radius 2 is 1.32 bits per heavy atom. The molecular weight excluding hydrogens is 354 g/mol. The van der Waals surface area contributed by atoms with Crippen molar-refractivity contribution in [2.45, 2.75) is 84.0 Å². The molecule has 3 aliphatic carbocycles. The molecule has 1 aromatic rings. The van der Waals surface area contributed by atoms with Gasteiger partial charge >= 0.3 is 0 Å². The highest BCUT2D eigenvalue weighted by Crippen LogP contribution is 2.44. The Bertz CT molecular complexity index is 638. The van der Waals surface area contributed by atoms with Crippen molar-refractivity contribution in [1.82, 2.24) is 0 Å². The molecule has 1 aromatic carbocycles. The zero-order valence-electron chi connectivity index (χ0n) is 17.4. The molecule has 28 heavy (non-hydrogen) atoms. The van der Waals surface area contributed by atoms with Crippen LogP contribution in [0.3, 0.4) is 0 Å². The van der Waals surface area contributed by atoms with Crippen molar-refractivity contribution in [3.05, 3.63) is 29.3 Å². The third kappa shape index (κ3) is 4.71. The van der Waals surface area contributed by atoms with Gasteiger partial charge < -0.3 is 4.74 Å². The lowest BCUT2D eigenvalue weighted by Gasteiger charge is -2.39. The van der Waals surface area contributed by atoms with E-state index in [1.165, 1.54) is 77.0 Å². The van der Waals surface area contributed by atoms with Gasteiger partial charge in [0.2, 0.25) is 5.82 Å². The molecule has 3 aliphatic rings. The maximum absolute atomic E-state index is 14.0. The SMILES string of the molecule is Cc1ccc(OCC2CCC(C3CCC(CC4CCC4)CC3)CC2)c(F)c1F. The molecule has 0 spiro atoms. The van der Waals surface area contributed by atoms with Crippen LogP contribution in [0.15, 0.2) is 12.1 Å². The number of halogens is 2. The van der Waals surface area contributed by atoms with Gasteiger partial charge in [0.05, 0.1) is 6.61 Å². The standard InChI is InChI=1S/C25H36F2O/c1-17-5-14-23(25(27)24(17)26)28-16-20-8-12-22(13-9-20)21-10-6-19(7-11-21)15-18-3-2-4-18/h5,14,18-22H,2-4,6-13,15-16H2,1H3. The molecule has 1 nitrogen and oxygen atoms in total. The van der Waals surface area contributed by atoms with Gasteiger partial charge in [-0.1, -0.05) is 38.2 Å². The van der Waals surface area contributed by atoms with Gasteiger partial charge in [0.15, 0.2) is 11.6 Å². The number of ether oxygens (including phenoxy) is 1. The Morgan fingerprint density at radius 3 is 1.89 bits per heavy atom. The van der Waals surface area contributed by atoms with E-state index in [9.17, 15) is 8.78 Å². The first-order chi connectivity index (χ1) is 13.6. The van der Waals surface area contributed by atoms with Gasteiger partial charge in [-0.25, -0.2) is 4.39 Å². The topological polar surface area (TPSA) is 9.23 Å². The highest BCUT2D eigenvalue weighted by Gasteiger charge is 2.32. The first-order valence-corrected chi connectivity index (χ1v) is 11.7. The minimum absolute atomic E-state index is 0.0648. The summed E-state index contributed by atoms with van der Waals surface area (Å²) in [5.41, 5.74) is 0.327. The van der Waals surface area contributed by atoms with Crippen molar-refractivity contribution >= 4 is 0 Å². The van der Waals surface area contributed by atoms with Crippen LogP contribution >= 0.6 is 0 Å². The quantitative estimate of drug-likeness (QED) is 0.490. The minimum Gasteiger partial charge on any atom is -0.490 e. The molecule has 3 saturated carbocycles. The number of rotatable bonds is 6. The van der Waals surface area contributed by atoms with Crippen LogP contribution in [0.5, 0.6) is 5.75 Å². The molecule has 156 valence electrons. The fourth-order valence-electron chi connectivity index (χ4n) is 5.87. The third-order valence-electron chi connectivity index (χ3n) is 8.06. The maximum atomic E-state index is 14.0. The highest BCUT2D eigenvalue weighted by atomic mass is 19.2. The molecule has 0 heterocycles. The molecule has 4 rings (SSSR count). The van der Waals surface area contributed by atoms with Gasteiger partial charge in [-0.05, 0) is 93.1 Å². The molecule has 0 radical (unpaired) electrons. The zero-order valence-corrected chi connectivity index (χ0v) is 17.4. The van der Waals surface area contributed by atoms with Gasteiger partial charge in [0, 0.05) is 0 Å². The maximum Gasteiger partial charge on any atom is 0.200 e. The lowest BCUT2D eigenvalue weighted by Crippen LogP contribution is -2.28. The van der Waals surface area contributed by atoms with E-state index in [1.54, 1.807) is 19.1 Å². The van der Waals surface area contributed by atoms with Crippen LogP contribution in [0.2, 0.25) is 0 Å². The Labute approximate surface area is 169 Å². The van der Waals surface area contributed by atoms with E-state index in [0.29, 0.717) is 18.1 Å². The number of benzene rings is 1. The minimum atomic E-state index is -0.840. The van der Waals surface area contributed by atoms with Gasteiger partial charge in [0.1, 0.15) is 0 Å². The molecule has 0 atom stereocenters. The summed E-state index contributed by atoms with van der Waals surface area (Å²) in [6.45, 7) is 2.09. The van der Waals surface area contributed by atoms with Crippen LogP contribution < -0.4 is 4.74 Å². The van der Waals surface area contributed by atoms with E-state index in [4.69, 9.17) is 4.74 Å². The number of hydrogen-bond donors (Lipinski definition) is 0. The fraction of sp³-hybridized carbons (Fsp3) is 0.760. The molecule has 0 aromatic heterocycles. The second kappa shape index (κ2) is 9.13. The molecule has 0 unspecified atom stereocenters. The Balaban J connectivity index is 1.17. The molecule has 0 bridgehead atoms. The van der Waals surface area contributed by atoms with E-state index in [1.807, 2.05) is 0 Å². The molecule has 0 N–H and O–H groups in total. The van der Waals surface area contributed by atoms with Crippen LogP contribution in [0.1, 0.15) is 82.6 Å². The van der Waals surface area contributed by atoms with Crippen LogP contribution in [0.4, 0.5) is 8.78 Å². The van der Waals surface area contributed by atoms with Crippen LogP contribution in [0.25, 0.3) is 0 Å². The van der Waals surface area contributed by atoms with E-state index in [0.717, 1.165) is 23.7 Å². The molecule has 3 fully saturated rings.